The van der Waals surface area contributed by atoms with Crippen LogP contribution in [0.1, 0.15) is 22.9 Å². The molecular weight excluding hydrogens is 222 g/mol. The Balaban J connectivity index is 1.98. The first kappa shape index (κ1) is 9.78. The van der Waals surface area contributed by atoms with Crippen LogP contribution in [0.2, 0.25) is 0 Å². The number of hydrogen-bond donors (Lipinski definition) is 1. The van der Waals surface area contributed by atoms with E-state index in [9.17, 15) is 4.79 Å². The van der Waals surface area contributed by atoms with Gasteiger partial charge in [-0.05, 0) is 31.0 Å². The predicted octanol–water partition coefficient (Wildman–Crippen LogP) is 2.79. The summed E-state index contributed by atoms with van der Waals surface area (Å²) in [6, 6.07) is 6.17. The monoisotopic (exact) mass is 233 g/mol. The average Bonchev–Trinajstić information content (AvgIpc) is 2.93. The standard InChI is InChI=1S/C12H11NO2S/c1-6-2-3-10-9(4-6)13-11(16-10)7-5-8(7)12(14)15/h2-4,7-8H,5H2,1H3,(H,14,15). The van der Waals surface area contributed by atoms with Gasteiger partial charge in [0.05, 0.1) is 21.1 Å². The molecule has 1 heterocycles. The fourth-order valence-corrected chi connectivity index (χ4v) is 3.08. The number of fused-ring (bicyclic) bond motifs is 1. The van der Waals surface area contributed by atoms with Gasteiger partial charge in [0, 0.05) is 5.92 Å². The van der Waals surface area contributed by atoms with Crippen LogP contribution in [0.5, 0.6) is 0 Å². The number of nitrogens with zero attached hydrogens (tertiary/aromatic N) is 1. The van der Waals surface area contributed by atoms with Crippen LogP contribution in [-0.2, 0) is 4.79 Å². The number of thiazole rings is 1. The van der Waals surface area contributed by atoms with Crippen LogP contribution in [0.25, 0.3) is 10.2 Å². The maximum atomic E-state index is 10.8. The van der Waals surface area contributed by atoms with Gasteiger partial charge in [-0.15, -0.1) is 11.3 Å². The van der Waals surface area contributed by atoms with Crippen molar-refractivity contribution in [3.05, 3.63) is 28.8 Å². The molecule has 0 aliphatic heterocycles. The summed E-state index contributed by atoms with van der Waals surface area (Å²) in [4.78, 5) is 15.3. The molecule has 0 amide bonds. The van der Waals surface area contributed by atoms with Crippen LogP contribution in [-0.4, -0.2) is 16.1 Å². The van der Waals surface area contributed by atoms with Gasteiger partial charge in [0.25, 0.3) is 0 Å². The number of hydrogen-bond acceptors (Lipinski definition) is 3. The summed E-state index contributed by atoms with van der Waals surface area (Å²) in [5, 5.41) is 9.86. The Morgan fingerprint density at radius 2 is 2.38 bits per heavy atom. The summed E-state index contributed by atoms with van der Waals surface area (Å²) < 4.78 is 1.15. The number of aliphatic carboxylic acids is 1. The molecule has 1 aliphatic rings. The zero-order valence-electron chi connectivity index (χ0n) is 8.80. The number of benzene rings is 1. The Hall–Kier alpha value is -1.42. The second kappa shape index (κ2) is 3.28. The summed E-state index contributed by atoms with van der Waals surface area (Å²) in [7, 11) is 0. The van der Waals surface area contributed by atoms with Crippen LogP contribution in [0.15, 0.2) is 18.2 Å². The topological polar surface area (TPSA) is 50.2 Å². The van der Waals surface area contributed by atoms with Gasteiger partial charge in [-0.2, -0.15) is 0 Å². The molecule has 1 aromatic carbocycles. The molecule has 3 nitrogen and oxygen atoms in total. The van der Waals surface area contributed by atoms with Crippen LogP contribution >= 0.6 is 11.3 Å². The first-order valence-corrected chi connectivity index (χ1v) is 6.06. The highest BCUT2D eigenvalue weighted by Crippen LogP contribution is 2.49. The predicted molar refractivity (Wildman–Crippen MR) is 62.8 cm³/mol. The molecule has 16 heavy (non-hydrogen) atoms. The second-order valence-electron chi connectivity index (χ2n) is 4.31. The molecule has 82 valence electrons. The van der Waals surface area contributed by atoms with Crippen molar-refractivity contribution in [1.29, 1.82) is 0 Å². The fraction of sp³-hybridized carbons (Fsp3) is 0.333. The SMILES string of the molecule is Cc1ccc2sc(C3CC3C(=O)O)nc2c1. The third-order valence-electron chi connectivity index (χ3n) is 2.98. The fourth-order valence-electron chi connectivity index (χ4n) is 1.95. The molecular formula is C12H11NO2S. The van der Waals surface area contributed by atoms with Gasteiger partial charge in [0.2, 0.25) is 0 Å². The molecule has 1 aliphatic carbocycles. The molecule has 0 bridgehead atoms. The van der Waals surface area contributed by atoms with Crippen molar-refractivity contribution in [3.8, 4) is 0 Å². The molecule has 0 spiro atoms. The van der Waals surface area contributed by atoms with Crippen molar-refractivity contribution in [2.24, 2.45) is 5.92 Å². The molecule has 1 aromatic heterocycles. The maximum Gasteiger partial charge on any atom is 0.307 e. The molecule has 2 unspecified atom stereocenters. The Morgan fingerprint density at radius 3 is 3.06 bits per heavy atom. The van der Waals surface area contributed by atoms with Crippen LogP contribution in [0, 0.1) is 12.8 Å². The van der Waals surface area contributed by atoms with Gasteiger partial charge in [0.15, 0.2) is 0 Å². The van der Waals surface area contributed by atoms with Gasteiger partial charge in [-0.1, -0.05) is 6.07 Å². The van der Waals surface area contributed by atoms with Gasteiger partial charge in [-0.25, -0.2) is 4.98 Å². The normalized spacial score (nSPS) is 23.6. The Labute approximate surface area is 96.7 Å². The van der Waals surface area contributed by atoms with Crippen molar-refractivity contribution in [1.82, 2.24) is 4.98 Å². The molecule has 2 aromatic rings. The molecule has 3 rings (SSSR count). The van der Waals surface area contributed by atoms with E-state index in [2.05, 4.69) is 17.1 Å². The van der Waals surface area contributed by atoms with Crippen molar-refractivity contribution >= 4 is 27.5 Å². The van der Waals surface area contributed by atoms with Gasteiger partial charge in [-0.3, -0.25) is 4.79 Å². The molecule has 1 N–H and O–H groups in total. The summed E-state index contributed by atoms with van der Waals surface area (Å²) in [6.45, 7) is 2.04. The lowest BCUT2D eigenvalue weighted by Crippen LogP contribution is -1.98. The van der Waals surface area contributed by atoms with Crippen LogP contribution in [0.3, 0.4) is 0 Å². The third kappa shape index (κ3) is 1.50. The van der Waals surface area contributed by atoms with E-state index in [1.807, 2.05) is 13.0 Å². The molecule has 1 saturated carbocycles. The van der Waals surface area contributed by atoms with Crippen molar-refractivity contribution in [2.45, 2.75) is 19.3 Å². The van der Waals surface area contributed by atoms with E-state index in [4.69, 9.17) is 5.11 Å². The Kier molecular flexibility index (Phi) is 2.01. The quantitative estimate of drug-likeness (QED) is 0.867. The van der Waals surface area contributed by atoms with E-state index >= 15 is 0 Å². The van der Waals surface area contributed by atoms with E-state index in [1.54, 1.807) is 11.3 Å². The maximum absolute atomic E-state index is 10.8. The van der Waals surface area contributed by atoms with Crippen LogP contribution < -0.4 is 0 Å². The minimum Gasteiger partial charge on any atom is -0.481 e. The second-order valence-corrected chi connectivity index (χ2v) is 5.37. The summed E-state index contributed by atoms with van der Waals surface area (Å²) in [5.74, 6) is -0.752. The zero-order chi connectivity index (χ0) is 11.3. The molecule has 4 heteroatoms. The van der Waals surface area contributed by atoms with E-state index in [0.717, 1.165) is 21.6 Å². The van der Waals surface area contributed by atoms with Crippen molar-refractivity contribution in [3.63, 3.8) is 0 Å². The van der Waals surface area contributed by atoms with E-state index in [0.29, 0.717) is 0 Å². The number of carboxylic acids is 1. The van der Waals surface area contributed by atoms with Gasteiger partial charge in [0.1, 0.15) is 0 Å². The molecule has 0 saturated heterocycles. The lowest BCUT2D eigenvalue weighted by Gasteiger charge is -1.89. The lowest BCUT2D eigenvalue weighted by molar-refractivity contribution is -0.138. The zero-order valence-corrected chi connectivity index (χ0v) is 9.62. The first-order chi connectivity index (χ1) is 7.65. The lowest BCUT2D eigenvalue weighted by atomic mass is 10.2. The summed E-state index contributed by atoms with van der Waals surface area (Å²) in [6.07, 6.45) is 0.744. The first-order valence-electron chi connectivity index (χ1n) is 5.25. The smallest absolute Gasteiger partial charge is 0.307 e. The Morgan fingerprint density at radius 1 is 1.56 bits per heavy atom. The summed E-state index contributed by atoms with van der Waals surface area (Å²) in [5.41, 5.74) is 2.19. The van der Waals surface area contributed by atoms with E-state index in [-0.39, 0.29) is 11.8 Å². The Bertz CT molecular complexity index is 575. The van der Waals surface area contributed by atoms with E-state index in [1.165, 1.54) is 5.56 Å². The molecule has 0 radical (unpaired) electrons. The largest absolute Gasteiger partial charge is 0.481 e. The van der Waals surface area contributed by atoms with Crippen molar-refractivity contribution in [2.75, 3.05) is 0 Å². The highest BCUT2D eigenvalue weighted by Gasteiger charge is 2.46. The minimum absolute atomic E-state index is 0.148. The highest BCUT2D eigenvalue weighted by atomic mass is 32.1. The van der Waals surface area contributed by atoms with E-state index < -0.39 is 5.97 Å². The minimum atomic E-state index is -0.694. The third-order valence-corrected chi connectivity index (χ3v) is 4.15. The van der Waals surface area contributed by atoms with Crippen LogP contribution in [0.4, 0.5) is 0 Å². The highest BCUT2D eigenvalue weighted by molar-refractivity contribution is 7.18. The summed E-state index contributed by atoms with van der Waals surface area (Å²) >= 11 is 1.62. The number of aromatic nitrogens is 1. The average molecular weight is 233 g/mol. The van der Waals surface area contributed by atoms with Crippen molar-refractivity contribution < 1.29 is 9.90 Å². The number of aryl methyl sites for hydroxylation is 1. The number of carboxylic acid groups (broad SMARTS) is 1. The van der Waals surface area contributed by atoms with Gasteiger partial charge >= 0.3 is 5.97 Å². The number of carbonyl (C=O) groups is 1. The molecule has 1 fully saturated rings. The molecule has 2 atom stereocenters. The van der Waals surface area contributed by atoms with Gasteiger partial charge < -0.3 is 5.11 Å². The number of rotatable bonds is 2.